The van der Waals surface area contributed by atoms with Crippen molar-refractivity contribution in [1.82, 2.24) is 0 Å². The van der Waals surface area contributed by atoms with Gasteiger partial charge in [-0.1, -0.05) is 28.1 Å². The molecule has 0 saturated carbocycles. The first-order valence-corrected chi connectivity index (χ1v) is 7.26. The number of halogens is 2. The van der Waals surface area contributed by atoms with Gasteiger partial charge in [0.2, 0.25) is 0 Å². The van der Waals surface area contributed by atoms with E-state index < -0.39 is 0 Å². The van der Waals surface area contributed by atoms with Gasteiger partial charge in [0.1, 0.15) is 5.82 Å². The summed E-state index contributed by atoms with van der Waals surface area (Å²) in [5, 5.41) is 0.954. The molecule has 1 rings (SSSR count). The molecule has 0 saturated heterocycles. The van der Waals surface area contributed by atoms with Crippen LogP contribution in [0, 0.1) is 11.7 Å². The molecule has 0 aliphatic carbocycles. The van der Waals surface area contributed by atoms with Crippen LogP contribution in [0.2, 0.25) is 0 Å². The molecule has 1 unspecified atom stereocenters. The maximum Gasteiger partial charge on any atom is 0.123 e. The van der Waals surface area contributed by atoms with Gasteiger partial charge >= 0.3 is 0 Å². The molecule has 96 valence electrons. The minimum atomic E-state index is -0.148. The fourth-order valence-corrected chi connectivity index (χ4v) is 2.40. The Morgan fingerprint density at radius 1 is 1.41 bits per heavy atom. The van der Waals surface area contributed by atoms with E-state index >= 15 is 0 Å². The van der Waals surface area contributed by atoms with Crippen LogP contribution in [0.5, 0.6) is 0 Å². The van der Waals surface area contributed by atoms with Crippen LogP contribution in [0.15, 0.2) is 24.3 Å². The van der Waals surface area contributed by atoms with E-state index in [-0.39, 0.29) is 5.82 Å². The van der Waals surface area contributed by atoms with E-state index in [1.165, 1.54) is 6.07 Å². The van der Waals surface area contributed by atoms with Crippen molar-refractivity contribution in [3.05, 3.63) is 35.6 Å². The predicted molar refractivity (Wildman–Crippen MR) is 73.1 cm³/mol. The highest BCUT2D eigenvalue weighted by molar-refractivity contribution is 9.09. The van der Waals surface area contributed by atoms with Gasteiger partial charge < -0.3 is 4.74 Å². The Labute approximate surface area is 111 Å². The number of rotatable bonds is 8. The average Bonchev–Trinajstić information content (AvgIpc) is 2.33. The van der Waals surface area contributed by atoms with E-state index in [0.717, 1.165) is 43.4 Å². The molecule has 0 aromatic heterocycles. The van der Waals surface area contributed by atoms with Gasteiger partial charge in [-0.25, -0.2) is 4.39 Å². The first-order valence-electron chi connectivity index (χ1n) is 6.14. The minimum absolute atomic E-state index is 0.148. The molecule has 0 spiro atoms. The van der Waals surface area contributed by atoms with Crippen LogP contribution in [0.4, 0.5) is 4.39 Å². The van der Waals surface area contributed by atoms with Crippen LogP contribution in [-0.4, -0.2) is 18.5 Å². The second-order valence-electron chi connectivity index (χ2n) is 4.19. The van der Waals surface area contributed by atoms with E-state index in [4.69, 9.17) is 4.74 Å². The Balaban J connectivity index is 2.35. The van der Waals surface area contributed by atoms with Crippen LogP contribution in [0.3, 0.4) is 0 Å². The van der Waals surface area contributed by atoms with Crippen molar-refractivity contribution >= 4 is 15.9 Å². The van der Waals surface area contributed by atoms with Crippen LogP contribution in [0.1, 0.15) is 25.3 Å². The molecule has 0 aliphatic heterocycles. The summed E-state index contributed by atoms with van der Waals surface area (Å²) in [5.41, 5.74) is 1.07. The van der Waals surface area contributed by atoms with Crippen LogP contribution < -0.4 is 0 Å². The number of hydrogen-bond acceptors (Lipinski definition) is 1. The Morgan fingerprint density at radius 3 is 2.88 bits per heavy atom. The quantitative estimate of drug-likeness (QED) is 0.517. The first kappa shape index (κ1) is 14.7. The summed E-state index contributed by atoms with van der Waals surface area (Å²) in [6.07, 6.45) is 3.11. The van der Waals surface area contributed by atoms with Gasteiger partial charge in [-0.3, -0.25) is 0 Å². The van der Waals surface area contributed by atoms with E-state index in [0.29, 0.717) is 5.92 Å². The summed E-state index contributed by atoms with van der Waals surface area (Å²) in [5.74, 6) is 0.405. The van der Waals surface area contributed by atoms with Crippen LogP contribution in [0.25, 0.3) is 0 Å². The summed E-state index contributed by atoms with van der Waals surface area (Å²) in [4.78, 5) is 0. The topological polar surface area (TPSA) is 9.23 Å². The van der Waals surface area contributed by atoms with Crippen molar-refractivity contribution in [2.75, 3.05) is 18.5 Å². The largest absolute Gasteiger partial charge is 0.382 e. The first-order chi connectivity index (χ1) is 8.26. The zero-order chi connectivity index (χ0) is 12.5. The Kier molecular flexibility index (Phi) is 7.45. The van der Waals surface area contributed by atoms with Crippen molar-refractivity contribution in [1.29, 1.82) is 0 Å². The van der Waals surface area contributed by atoms with E-state index in [1.807, 2.05) is 13.0 Å². The molecule has 0 bridgehead atoms. The van der Waals surface area contributed by atoms with E-state index in [9.17, 15) is 4.39 Å². The monoisotopic (exact) mass is 302 g/mol. The lowest BCUT2D eigenvalue weighted by Crippen LogP contribution is -2.08. The SMILES string of the molecule is CCOCCCC(CBr)Cc1cccc(F)c1. The maximum absolute atomic E-state index is 13.0. The smallest absolute Gasteiger partial charge is 0.123 e. The molecule has 0 aliphatic rings. The van der Waals surface area contributed by atoms with Gasteiger partial charge in [0.25, 0.3) is 0 Å². The van der Waals surface area contributed by atoms with Gasteiger partial charge in [0, 0.05) is 18.5 Å². The predicted octanol–water partition coefficient (Wildman–Crippen LogP) is 4.20. The van der Waals surface area contributed by atoms with Crippen molar-refractivity contribution in [3.8, 4) is 0 Å². The summed E-state index contributed by atoms with van der Waals surface area (Å²) in [6.45, 7) is 3.61. The highest BCUT2D eigenvalue weighted by Crippen LogP contribution is 2.17. The second-order valence-corrected chi connectivity index (χ2v) is 4.84. The van der Waals surface area contributed by atoms with Gasteiger partial charge in [-0.15, -0.1) is 0 Å². The van der Waals surface area contributed by atoms with Crippen molar-refractivity contribution in [3.63, 3.8) is 0 Å². The van der Waals surface area contributed by atoms with Crippen molar-refractivity contribution < 1.29 is 9.13 Å². The standard InChI is InChI=1S/C14H20BrFO/c1-2-17-8-4-6-13(11-15)9-12-5-3-7-14(16)10-12/h3,5,7,10,13H,2,4,6,8-9,11H2,1H3. The molecule has 1 atom stereocenters. The van der Waals surface area contributed by atoms with Gasteiger partial charge in [0.05, 0.1) is 0 Å². The number of alkyl halides is 1. The molecule has 0 amide bonds. The molecular weight excluding hydrogens is 283 g/mol. The molecule has 17 heavy (non-hydrogen) atoms. The molecular formula is C14H20BrFO. The summed E-state index contributed by atoms with van der Waals surface area (Å²) in [6, 6.07) is 6.87. The van der Waals surface area contributed by atoms with Crippen molar-refractivity contribution in [2.45, 2.75) is 26.2 Å². The normalized spacial score (nSPS) is 12.6. The molecule has 0 radical (unpaired) electrons. The highest BCUT2D eigenvalue weighted by Gasteiger charge is 2.08. The minimum Gasteiger partial charge on any atom is -0.382 e. The van der Waals surface area contributed by atoms with Gasteiger partial charge in [0.15, 0.2) is 0 Å². The third-order valence-electron chi connectivity index (χ3n) is 2.74. The van der Waals surface area contributed by atoms with Crippen molar-refractivity contribution in [2.24, 2.45) is 5.92 Å². The zero-order valence-corrected chi connectivity index (χ0v) is 11.9. The molecule has 1 nitrogen and oxygen atoms in total. The molecule has 1 aromatic carbocycles. The average molecular weight is 303 g/mol. The zero-order valence-electron chi connectivity index (χ0n) is 10.3. The van der Waals surface area contributed by atoms with Gasteiger partial charge in [-0.2, -0.15) is 0 Å². The van der Waals surface area contributed by atoms with E-state index in [1.54, 1.807) is 12.1 Å². The summed E-state index contributed by atoms with van der Waals surface area (Å²) >= 11 is 3.53. The number of ether oxygens (including phenoxy) is 1. The third-order valence-corrected chi connectivity index (χ3v) is 3.65. The lowest BCUT2D eigenvalue weighted by atomic mass is 9.97. The lowest BCUT2D eigenvalue weighted by molar-refractivity contribution is 0.140. The second kappa shape index (κ2) is 8.65. The molecule has 0 heterocycles. The van der Waals surface area contributed by atoms with E-state index in [2.05, 4.69) is 15.9 Å². The molecule has 3 heteroatoms. The fourth-order valence-electron chi connectivity index (χ4n) is 1.85. The van der Waals surface area contributed by atoms with Gasteiger partial charge in [-0.05, 0) is 49.8 Å². The number of benzene rings is 1. The van der Waals surface area contributed by atoms with Crippen LogP contribution in [-0.2, 0) is 11.2 Å². The molecule has 0 fully saturated rings. The molecule has 1 aromatic rings. The lowest BCUT2D eigenvalue weighted by Gasteiger charge is -2.14. The Hall–Kier alpha value is -0.410. The Bertz CT molecular complexity index is 317. The highest BCUT2D eigenvalue weighted by atomic mass is 79.9. The molecule has 0 N–H and O–H groups in total. The Morgan fingerprint density at radius 2 is 2.24 bits per heavy atom. The van der Waals surface area contributed by atoms with Crippen LogP contribution >= 0.6 is 15.9 Å². The maximum atomic E-state index is 13.0. The summed E-state index contributed by atoms with van der Waals surface area (Å²) in [7, 11) is 0. The number of hydrogen-bond donors (Lipinski definition) is 0. The fraction of sp³-hybridized carbons (Fsp3) is 0.571. The summed E-state index contributed by atoms with van der Waals surface area (Å²) < 4.78 is 18.4. The third kappa shape index (κ3) is 6.18.